The predicted octanol–water partition coefficient (Wildman–Crippen LogP) is 2.59. The molecule has 2 aromatic carbocycles. The molecule has 168 valence electrons. The van der Waals surface area contributed by atoms with Crippen LogP contribution in [0.4, 0.5) is 0 Å². The van der Waals surface area contributed by atoms with Gasteiger partial charge < -0.3 is 15.0 Å². The van der Waals surface area contributed by atoms with E-state index in [1.165, 1.54) is 4.31 Å². The van der Waals surface area contributed by atoms with E-state index in [1.807, 2.05) is 13.1 Å². The minimum atomic E-state index is -3.49. The molecule has 0 aromatic heterocycles. The maximum absolute atomic E-state index is 12.8. The highest BCUT2D eigenvalue weighted by molar-refractivity contribution is 7.89. The summed E-state index contributed by atoms with van der Waals surface area (Å²) >= 11 is 0. The largest absolute Gasteiger partial charge is 0.493 e. The number of hydrogen-bond donors (Lipinski definition) is 1. The lowest BCUT2D eigenvalue weighted by Crippen LogP contribution is -2.47. The number of benzene rings is 2. The highest BCUT2D eigenvalue weighted by Gasteiger charge is 2.27. The van der Waals surface area contributed by atoms with Gasteiger partial charge in [-0.05, 0) is 48.9 Å². The average molecular weight is 446 g/mol. The summed E-state index contributed by atoms with van der Waals surface area (Å²) in [6.07, 6.45) is 0. The Bertz CT molecular complexity index is 982. The summed E-state index contributed by atoms with van der Waals surface area (Å²) in [5, 5.41) is 2.87. The van der Waals surface area contributed by atoms with Crippen molar-refractivity contribution in [3.8, 4) is 5.75 Å². The van der Waals surface area contributed by atoms with E-state index >= 15 is 0 Å². The molecule has 1 heterocycles. The first-order valence-electron chi connectivity index (χ1n) is 10.5. The van der Waals surface area contributed by atoms with Gasteiger partial charge in [0.05, 0.1) is 11.5 Å². The Hall–Kier alpha value is -2.42. The summed E-state index contributed by atoms with van der Waals surface area (Å²) in [6.45, 7) is 7.49. The van der Waals surface area contributed by atoms with Gasteiger partial charge in [-0.15, -0.1) is 0 Å². The zero-order chi connectivity index (χ0) is 22.4. The predicted molar refractivity (Wildman–Crippen MR) is 121 cm³/mol. The van der Waals surface area contributed by atoms with Crippen molar-refractivity contribution >= 4 is 15.9 Å². The second kappa shape index (κ2) is 10.3. The lowest BCUT2D eigenvalue weighted by molar-refractivity contribution is 0.0950. The van der Waals surface area contributed by atoms with Crippen molar-refractivity contribution in [3.05, 3.63) is 59.7 Å². The van der Waals surface area contributed by atoms with Gasteiger partial charge in [0.1, 0.15) is 5.75 Å². The van der Waals surface area contributed by atoms with E-state index in [-0.39, 0.29) is 10.8 Å². The Morgan fingerprint density at radius 1 is 1.06 bits per heavy atom. The fourth-order valence-corrected chi connectivity index (χ4v) is 4.65. The van der Waals surface area contributed by atoms with Gasteiger partial charge in [-0.2, -0.15) is 4.31 Å². The number of carbonyl (C=O) groups excluding carboxylic acids is 1. The topological polar surface area (TPSA) is 78.9 Å². The number of sulfonamides is 1. The van der Waals surface area contributed by atoms with Crippen LogP contribution in [0.2, 0.25) is 0 Å². The van der Waals surface area contributed by atoms with Crippen LogP contribution in [-0.2, 0) is 16.6 Å². The van der Waals surface area contributed by atoms with E-state index in [0.717, 1.165) is 18.7 Å². The van der Waals surface area contributed by atoms with Crippen molar-refractivity contribution in [3.63, 3.8) is 0 Å². The Balaban J connectivity index is 1.58. The van der Waals surface area contributed by atoms with Crippen LogP contribution >= 0.6 is 0 Å². The van der Waals surface area contributed by atoms with Crippen LogP contribution in [0.5, 0.6) is 5.75 Å². The molecule has 8 heteroatoms. The normalized spacial score (nSPS) is 15.7. The van der Waals surface area contributed by atoms with Crippen molar-refractivity contribution in [1.82, 2.24) is 14.5 Å². The number of likely N-dealkylation sites (N-methyl/N-ethyl adjacent to an activating group) is 1. The number of nitrogens with zero attached hydrogens (tertiary/aromatic N) is 2. The number of hydrogen-bond acceptors (Lipinski definition) is 5. The summed E-state index contributed by atoms with van der Waals surface area (Å²) in [4.78, 5) is 14.9. The second-order valence-corrected chi connectivity index (χ2v) is 10.2. The summed E-state index contributed by atoms with van der Waals surface area (Å²) in [5.74, 6) is 0.865. The van der Waals surface area contributed by atoms with Crippen molar-refractivity contribution < 1.29 is 17.9 Å². The Labute approximate surface area is 185 Å². The molecule has 3 rings (SSSR count). The van der Waals surface area contributed by atoms with Gasteiger partial charge in [-0.1, -0.05) is 32.0 Å². The van der Waals surface area contributed by atoms with Gasteiger partial charge in [0.25, 0.3) is 5.91 Å². The van der Waals surface area contributed by atoms with Crippen molar-refractivity contribution in [2.75, 3.05) is 39.8 Å². The molecule has 1 aliphatic rings. The maximum atomic E-state index is 12.8. The molecule has 0 saturated carbocycles. The summed E-state index contributed by atoms with van der Waals surface area (Å²) in [5.41, 5.74) is 1.36. The Morgan fingerprint density at radius 2 is 1.74 bits per heavy atom. The molecule has 1 N–H and O–H groups in total. The molecule has 7 nitrogen and oxygen atoms in total. The van der Waals surface area contributed by atoms with Crippen molar-refractivity contribution in [2.45, 2.75) is 25.3 Å². The molecule has 1 amide bonds. The van der Waals surface area contributed by atoms with Crippen LogP contribution in [0, 0.1) is 5.92 Å². The molecule has 1 saturated heterocycles. The maximum Gasteiger partial charge on any atom is 0.251 e. The smallest absolute Gasteiger partial charge is 0.251 e. The highest BCUT2D eigenvalue weighted by Crippen LogP contribution is 2.18. The van der Waals surface area contributed by atoms with Gasteiger partial charge in [-0.3, -0.25) is 4.79 Å². The van der Waals surface area contributed by atoms with Crippen LogP contribution in [0.25, 0.3) is 0 Å². The van der Waals surface area contributed by atoms with Crippen molar-refractivity contribution in [2.24, 2.45) is 5.92 Å². The first kappa shape index (κ1) is 23.2. The Morgan fingerprint density at radius 3 is 2.39 bits per heavy atom. The molecule has 1 fully saturated rings. The monoisotopic (exact) mass is 445 g/mol. The number of piperazine rings is 1. The summed E-state index contributed by atoms with van der Waals surface area (Å²) < 4.78 is 32.8. The highest BCUT2D eigenvalue weighted by atomic mass is 32.2. The molecule has 1 aliphatic heterocycles. The third-order valence-corrected chi connectivity index (χ3v) is 7.07. The lowest BCUT2D eigenvalue weighted by Gasteiger charge is -2.31. The van der Waals surface area contributed by atoms with E-state index in [0.29, 0.717) is 43.5 Å². The van der Waals surface area contributed by atoms with Crippen LogP contribution < -0.4 is 10.1 Å². The average Bonchev–Trinajstić information content (AvgIpc) is 2.77. The van der Waals surface area contributed by atoms with E-state index in [9.17, 15) is 13.2 Å². The number of rotatable bonds is 8. The van der Waals surface area contributed by atoms with Crippen LogP contribution in [0.1, 0.15) is 29.8 Å². The molecule has 0 bridgehead atoms. The van der Waals surface area contributed by atoms with Gasteiger partial charge in [0.2, 0.25) is 10.0 Å². The number of amides is 1. The van der Waals surface area contributed by atoms with Gasteiger partial charge >= 0.3 is 0 Å². The third-order valence-electron chi connectivity index (χ3n) is 5.16. The number of carbonyl (C=O) groups is 1. The minimum Gasteiger partial charge on any atom is -0.493 e. The fourth-order valence-electron chi connectivity index (χ4n) is 3.23. The molecule has 0 atom stereocenters. The van der Waals surface area contributed by atoms with Gasteiger partial charge in [-0.25, -0.2) is 8.42 Å². The summed E-state index contributed by atoms with van der Waals surface area (Å²) in [6, 6.07) is 13.8. The lowest BCUT2D eigenvalue weighted by atomic mass is 10.2. The van der Waals surface area contributed by atoms with E-state index < -0.39 is 10.0 Å². The SMILES string of the molecule is CC(C)COc1cccc(C(=O)NCc2ccc(S(=O)(=O)N3CCN(C)CC3)cc2)c1. The first-order chi connectivity index (χ1) is 14.8. The molecular formula is C23H31N3O4S. The number of nitrogens with one attached hydrogen (secondary N) is 1. The van der Waals surface area contributed by atoms with Crippen LogP contribution in [0.15, 0.2) is 53.4 Å². The van der Waals surface area contributed by atoms with Gasteiger partial charge in [0, 0.05) is 38.3 Å². The zero-order valence-corrected chi connectivity index (χ0v) is 19.2. The molecule has 0 radical (unpaired) electrons. The molecule has 31 heavy (non-hydrogen) atoms. The molecule has 0 spiro atoms. The number of ether oxygens (including phenoxy) is 1. The fraction of sp³-hybridized carbons (Fsp3) is 0.435. The van der Waals surface area contributed by atoms with E-state index in [4.69, 9.17) is 4.74 Å². The van der Waals surface area contributed by atoms with Gasteiger partial charge in [0.15, 0.2) is 0 Å². The zero-order valence-electron chi connectivity index (χ0n) is 18.4. The van der Waals surface area contributed by atoms with E-state index in [2.05, 4.69) is 24.1 Å². The standard InChI is InChI=1S/C23H31N3O4S/c1-18(2)17-30-21-6-4-5-20(15-21)23(27)24-16-19-7-9-22(10-8-19)31(28,29)26-13-11-25(3)12-14-26/h4-10,15,18H,11-14,16-17H2,1-3H3,(H,24,27). The van der Waals surface area contributed by atoms with Crippen LogP contribution in [0.3, 0.4) is 0 Å². The van der Waals surface area contributed by atoms with Crippen molar-refractivity contribution in [1.29, 1.82) is 0 Å². The van der Waals surface area contributed by atoms with Crippen LogP contribution in [-0.4, -0.2) is 63.4 Å². The summed E-state index contributed by atoms with van der Waals surface area (Å²) in [7, 11) is -1.50. The second-order valence-electron chi connectivity index (χ2n) is 8.27. The Kier molecular flexibility index (Phi) is 7.69. The molecule has 2 aromatic rings. The third kappa shape index (κ3) is 6.29. The quantitative estimate of drug-likeness (QED) is 0.676. The molecule has 0 aliphatic carbocycles. The molecule has 0 unspecified atom stereocenters. The minimum absolute atomic E-state index is 0.205. The van der Waals surface area contributed by atoms with E-state index in [1.54, 1.807) is 42.5 Å². The molecular weight excluding hydrogens is 414 g/mol. The first-order valence-corrected chi connectivity index (χ1v) is 12.0.